The van der Waals surface area contributed by atoms with Crippen molar-refractivity contribution < 1.29 is 14.6 Å². The van der Waals surface area contributed by atoms with Gasteiger partial charge in [-0.15, -0.1) is 10.2 Å². The average Bonchev–Trinajstić information content (AvgIpc) is 3.50. The molecule has 0 saturated carbocycles. The van der Waals surface area contributed by atoms with Crippen molar-refractivity contribution in [3.8, 4) is 11.6 Å². The molecule has 3 aromatic carbocycles. The third-order valence-corrected chi connectivity index (χ3v) is 6.43. The molecular formula is C27H25ClN4O3. The van der Waals surface area contributed by atoms with Crippen molar-refractivity contribution in [1.29, 1.82) is 0 Å². The van der Waals surface area contributed by atoms with Crippen LogP contribution in [0.2, 0.25) is 5.02 Å². The highest BCUT2D eigenvalue weighted by Crippen LogP contribution is 2.42. The minimum atomic E-state index is -0.522. The third-order valence-electron chi connectivity index (χ3n) is 6.12. The molecule has 0 bridgehead atoms. The van der Waals surface area contributed by atoms with Crippen molar-refractivity contribution in [1.82, 2.24) is 9.47 Å². The molecule has 1 amide bonds. The summed E-state index contributed by atoms with van der Waals surface area (Å²) in [5, 5.41) is 20.0. The van der Waals surface area contributed by atoms with Gasteiger partial charge < -0.3 is 9.84 Å². The number of hydrogen-bond acceptors (Lipinski definition) is 5. The van der Waals surface area contributed by atoms with E-state index in [2.05, 4.69) is 15.1 Å². The maximum atomic E-state index is 12.7. The van der Waals surface area contributed by atoms with E-state index in [1.165, 1.54) is 0 Å². The highest BCUT2D eigenvalue weighted by atomic mass is 35.5. The number of azo groups is 1. The number of fused-ring (bicyclic) bond motifs is 1. The minimum absolute atomic E-state index is 0.0544. The van der Waals surface area contributed by atoms with Crippen LogP contribution in [0, 0.1) is 0 Å². The lowest BCUT2D eigenvalue weighted by Crippen LogP contribution is -2.22. The lowest BCUT2D eigenvalue weighted by molar-refractivity contribution is 0.0995. The first-order chi connectivity index (χ1) is 17.1. The number of nitrogens with zero attached hydrogens (tertiary/aromatic N) is 4. The number of halogens is 1. The second-order valence-electron chi connectivity index (χ2n) is 8.50. The summed E-state index contributed by atoms with van der Waals surface area (Å²) in [5.41, 5.74) is 2.38. The second-order valence-corrected chi connectivity index (χ2v) is 8.91. The first-order valence-electron chi connectivity index (χ1n) is 11.5. The summed E-state index contributed by atoms with van der Waals surface area (Å²) in [6.45, 7) is 2.91. The van der Waals surface area contributed by atoms with Crippen molar-refractivity contribution >= 4 is 34.1 Å². The Morgan fingerprint density at radius 3 is 2.46 bits per heavy atom. The molecule has 1 saturated heterocycles. The molecule has 8 heteroatoms. The molecule has 0 spiro atoms. The Hall–Kier alpha value is -3.68. The van der Waals surface area contributed by atoms with Gasteiger partial charge in [-0.2, -0.15) is 0 Å². The van der Waals surface area contributed by atoms with Gasteiger partial charge in [-0.25, -0.2) is 0 Å². The van der Waals surface area contributed by atoms with Crippen molar-refractivity contribution in [2.45, 2.75) is 26.1 Å². The predicted molar refractivity (Wildman–Crippen MR) is 135 cm³/mol. The Morgan fingerprint density at radius 1 is 0.971 bits per heavy atom. The molecule has 178 valence electrons. The Kier molecular flexibility index (Phi) is 6.79. The summed E-state index contributed by atoms with van der Waals surface area (Å²) in [6, 6.07) is 22.0. The van der Waals surface area contributed by atoms with E-state index in [-0.39, 0.29) is 11.6 Å². The van der Waals surface area contributed by atoms with Crippen LogP contribution in [0.4, 0.5) is 5.69 Å². The van der Waals surface area contributed by atoms with E-state index in [0.29, 0.717) is 35.0 Å². The summed E-state index contributed by atoms with van der Waals surface area (Å²) in [7, 11) is 0. The topological polar surface area (TPSA) is 79.4 Å². The fraction of sp³-hybridized carbons (Fsp3) is 0.222. The lowest BCUT2D eigenvalue weighted by atomic mass is 10.2. The lowest BCUT2D eigenvalue weighted by Gasteiger charge is -2.17. The molecule has 2 heterocycles. The van der Waals surface area contributed by atoms with Crippen LogP contribution in [-0.4, -0.2) is 33.6 Å². The number of rotatable bonds is 7. The number of carbonyl (C=O) groups excluding carboxylic acids is 1. The van der Waals surface area contributed by atoms with Gasteiger partial charge in [0, 0.05) is 5.56 Å². The molecule has 35 heavy (non-hydrogen) atoms. The standard InChI is InChI=1S/C27H25ClN4O3/c28-22-9-6-10-23-24(22)25(27(34)32(23)18-31-15-4-5-16-31)29-30-26(33)20-11-13-21(14-12-20)35-17-19-7-2-1-3-8-19/h1-3,6-14,34H,4-5,15-18H2. The van der Waals surface area contributed by atoms with Gasteiger partial charge in [0.1, 0.15) is 12.4 Å². The molecule has 0 unspecified atom stereocenters. The number of aromatic nitrogens is 1. The van der Waals surface area contributed by atoms with Crippen molar-refractivity contribution in [3.05, 3.63) is 88.9 Å². The van der Waals surface area contributed by atoms with E-state index in [1.807, 2.05) is 42.5 Å². The van der Waals surface area contributed by atoms with Gasteiger partial charge in [-0.3, -0.25) is 14.3 Å². The Morgan fingerprint density at radius 2 is 1.71 bits per heavy atom. The molecule has 1 fully saturated rings. The fourth-order valence-electron chi connectivity index (χ4n) is 4.28. The van der Waals surface area contributed by atoms with Crippen LogP contribution in [0.3, 0.4) is 0 Å². The number of amides is 1. The van der Waals surface area contributed by atoms with Gasteiger partial charge in [0.25, 0.3) is 5.91 Å². The van der Waals surface area contributed by atoms with Crippen LogP contribution < -0.4 is 4.74 Å². The molecule has 1 N–H and O–H groups in total. The van der Waals surface area contributed by atoms with Crippen LogP contribution in [0.5, 0.6) is 11.6 Å². The van der Waals surface area contributed by atoms with E-state index in [9.17, 15) is 9.90 Å². The van der Waals surface area contributed by atoms with Gasteiger partial charge in [-0.05, 0) is 67.9 Å². The summed E-state index contributed by atoms with van der Waals surface area (Å²) >= 11 is 6.45. The fourth-order valence-corrected chi connectivity index (χ4v) is 4.53. The molecule has 0 aliphatic carbocycles. The predicted octanol–water partition coefficient (Wildman–Crippen LogP) is 6.56. The van der Waals surface area contributed by atoms with Crippen LogP contribution in [0.15, 0.2) is 83.0 Å². The zero-order valence-electron chi connectivity index (χ0n) is 19.1. The quantitative estimate of drug-likeness (QED) is 0.299. The molecule has 1 aliphatic heterocycles. The van der Waals surface area contributed by atoms with E-state index in [0.717, 1.165) is 37.0 Å². The largest absolute Gasteiger partial charge is 0.493 e. The zero-order valence-corrected chi connectivity index (χ0v) is 19.9. The molecule has 5 rings (SSSR count). The molecule has 4 aromatic rings. The normalized spacial score (nSPS) is 14.2. The monoisotopic (exact) mass is 488 g/mol. The number of ether oxygens (including phenoxy) is 1. The van der Waals surface area contributed by atoms with Crippen molar-refractivity contribution in [3.63, 3.8) is 0 Å². The highest BCUT2D eigenvalue weighted by molar-refractivity contribution is 6.36. The van der Waals surface area contributed by atoms with Crippen LogP contribution in [-0.2, 0) is 13.3 Å². The number of benzene rings is 3. The molecule has 0 radical (unpaired) electrons. The molecule has 7 nitrogen and oxygen atoms in total. The Labute approximate surface area is 208 Å². The summed E-state index contributed by atoms with van der Waals surface area (Å²) < 4.78 is 7.54. The first-order valence-corrected chi connectivity index (χ1v) is 11.9. The maximum Gasteiger partial charge on any atom is 0.295 e. The van der Waals surface area contributed by atoms with Gasteiger partial charge in [-0.1, -0.05) is 48.0 Å². The molecule has 1 aliphatic rings. The Balaban J connectivity index is 1.34. The number of likely N-dealkylation sites (tertiary alicyclic amines) is 1. The summed E-state index contributed by atoms with van der Waals surface area (Å²) in [4.78, 5) is 15.0. The summed E-state index contributed by atoms with van der Waals surface area (Å²) in [5.74, 6) is 0.0736. The molecule has 0 atom stereocenters. The van der Waals surface area contributed by atoms with E-state index < -0.39 is 5.91 Å². The van der Waals surface area contributed by atoms with E-state index >= 15 is 0 Å². The smallest absolute Gasteiger partial charge is 0.295 e. The number of carbonyl (C=O) groups is 1. The SMILES string of the molecule is O=C(N=Nc1c(O)n(CN2CCCC2)c2cccc(Cl)c12)c1ccc(OCc2ccccc2)cc1. The van der Waals surface area contributed by atoms with E-state index in [1.54, 1.807) is 34.9 Å². The molecule has 1 aromatic heterocycles. The second kappa shape index (κ2) is 10.3. The first kappa shape index (κ1) is 23.1. The molecular weight excluding hydrogens is 464 g/mol. The Bertz CT molecular complexity index is 1360. The minimum Gasteiger partial charge on any atom is -0.493 e. The third kappa shape index (κ3) is 5.06. The van der Waals surface area contributed by atoms with Gasteiger partial charge in [0.15, 0.2) is 5.69 Å². The maximum absolute atomic E-state index is 12.7. The number of aromatic hydroxyl groups is 1. The van der Waals surface area contributed by atoms with Crippen LogP contribution in [0.25, 0.3) is 10.9 Å². The zero-order chi connectivity index (χ0) is 24.2. The summed E-state index contributed by atoms with van der Waals surface area (Å²) in [6.07, 6.45) is 2.27. The van der Waals surface area contributed by atoms with Crippen molar-refractivity contribution in [2.75, 3.05) is 13.1 Å². The van der Waals surface area contributed by atoms with Gasteiger partial charge in [0.05, 0.1) is 22.6 Å². The highest BCUT2D eigenvalue weighted by Gasteiger charge is 2.22. The van der Waals surface area contributed by atoms with E-state index in [4.69, 9.17) is 16.3 Å². The van der Waals surface area contributed by atoms with Gasteiger partial charge >= 0.3 is 0 Å². The van der Waals surface area contributed by atoms with Crippen molar-refractivity contribution in [2.24, 2.45) is 10.2 Å². The number of hydrogen-bond donors (Lipinski definition) is 1. The van der Waals surface area contributed by atoms with Crippen LogP contribution >= 0.6 is 11.6 Å². The average molecular weight is 489 g/mol. The van der Waals surface area contributed by atoms with Crippen LogP contribution in [0.1, 0.15) is 28.8 Å². The van der Waals surface area contributed by atoms with Gasteiger partial charge in [0.2, 0.25) is 5.88 Å².